The van der Waals surface area contributed by atoms with Gasteiger partial charge in [0.25, 0.3) is 0 Å². The average Bonchev–Trinajstić information content (AvgIpc) is 2.01. The largest absolute Gasteiger partial charge is 0.0628 e. The summed E-state index contributed by atoms with van der Waals surface area (Å²) in [6.07, 6.45) is 2.77. The van der Waals surface area contributed by atoms with E-state index in [0.29, 0.717) is 0 Å². The highest BCUT2D eigenvalue weighted by molar-refractivity contribution is 4.48. The summed E-state index contributed by atoms with van der Waals surface area (Å²) in [5, 5.41) is 0. The first-order valence-electron chi connectivity index (χ1n) is 6.27. The smallest absolute Gasteiger partial charge is 0.0448 e. The summed E-state index contributed by atoms with van der Waals surface area (Å²) >= 11 is 0. The molecular weight excluding hydrogens is 168 g/mol. The zero-order valence-corrected chi connectivity index (χ0v) is 11.7. The zero-order chi connectivity index (χ0) is 11.7. The molecule has 0 heterocycles. The molecule has 0 saturated carbocycles. The predicted molar refractivity (Wildman–Crippen MR) is 68.6 cm³/mol. The maximum absolute atomic E-state index is 2.28. The minimum Gasteiger partial charge on any atom is -0.0628 e. The van der Waals surface area contributed by atoms with E-state index in [1.165, 1.54) is 12.8 Å². The molecule has 0 aromatic carbocycles. The third kappa shape index (κ3) is 17.9. The van der Waals surface area contributed by atoms with Crippen molar-refractivity contribution in [2.75, 3.05) is 0 Å². The fourth-order valence-corrected chi connectivity index (χ4v) is 0.667. The van der Waals surface area contributed by atoms with E-state index in [9.17, 15) is 0 Å². The van der Waals surface area contributed by atoms with Crippen molar-refractivity contribution in [2.45, 2.75) is 68.2 Å². The third-order valence-electron chi connectivity index (χ3n) is 2.65. The molecule has 0 bridgehead atoms. The number of rotatable bonds is 4. The normalized spacial score (nSPS) is 11.1. The molecule has 0 rings (SSSR count). The van der Waals surface area contributed by atoms with Crippen LogP contribution in [0.1, 0.15) is 68.2 Å². The first kappa shape index (κ1) is 16.4. The van der Waals surface area contributed by atoms with Crippen molar-refractivity contribution in [2.24, 2.45) is 23.7 Å². The van der Waals surface area contributed by atoms with Gasteiger partial charge in [-0.15, -0.1) is 0 Å². The Morgan fingerprint density at radius 2 is 0.714 bits per heavy atom. The van der Waals surface area contributed by atoms with Crippen molar-refractivity contribution in [3.63, 3.8) is 0 Å². The third-order valence-corrected chi connectivity index (χ3v) is 2.65. The predicted octanol–water partition coefficient (Wildman–Crippen LogP) is 5.38. The monoisotopic (exact) mass is 200 g/mol. The van der Waals surface area contributed by atoms with Crippen LogP contribution < -0.4 is 0 Å². The van der Waals surface area contributed by atoms with Gasteiger partial charge in [0.1, 0.15) is 0 Å². The summed E-state index contributed by atoms with van der Waals surface area (Å²) in [6, 6.07) is 0. The Morgan fingerprint density at radius 1 is 0.500 bits per heavy atom. The highest BCUT2D eigenvalue weighted by atomic mass is 14.0. The minimum atomic E-state index is 0.852. The molecule has 88 valence electrons. The Bertz CT molecular complexity index is 84.6. The summed E-state index contributed by atoms with van der Waals surface area (Å²) in [5.74, 6) is 3.48. The van der Waals surface area contributed by atoms with E-state index >= 15 is 0 Å². The van der Waals surface area contributed by atoms with Crippen LogP contribution in [0.25, 0.3) is 0 Å². The van der Waals surface area contributed by atoms with E-state index in [1.807, 2.05) is 0 Å². The number of hydrogen-bond donors (Lipinski definition) is 0. The van der Waals surface area contributed by atoms with Crippen molar-refractivity contribution < 1.29 is 0 Å². The van der Waals surface area contributed by atoms with Gasteiger partial charge in [-0.05, 0) is 23.7 Å². The molecule has 0 atom stereocenters. The molecular formula is C14H32. The van der Waals surface area contributed by atoms with Gasteiger partial charge in [0, 0.05) is 0 Å². The molecule has 0 spiro atoms. The molecule has 0 radical (unpaired) electrons. The van der Waals surface area contributed by atoms with E-state index in [1.54, 1.807) is 0 Å². The lowest BCUT2D eigenvalue weighted by Gasteiger charge is -2.05. The quantitative estimate of drug-likeness (QED) is 0.572. The molecule has 14 heavy (non-hydrogen) atoms. The van der Waals surface area contributed by atoms with Crippen LogP contribution >= 0.6 is 0 Å². The van der Waals surface area contributed by atoms with Crippen LogP contribution in [-0.4, -0.2) is 0 Å². The molecule has 0 N–H and O–H groups in total. The van der Waals surface area contributed by atoms with Gasteiger partial charge in [0.15, 0.2) is 0 Å². The standard InChI is InChI=1S/C8H18.C6H14/c1-7(2)5-6-8(3)4;1-5(2)6(3)4/h7-8H,5-6H2,1-4H3;5-6H,1-4H3. The average molecular weight is 200 g/mol. The van der Waals surface area contributed by atoms with E-state index in [0.717, 1.165) is 23.7 Å². The number of hydrogen-bond acceptors (Lipinski definition) is 0. The molecule has 0 aromatic rings. The molecule has 0 unspecified atom stereocenters. The van der Waals surface area contributed by atoms with Crippen molar-refractivity contribution >= 4 is 0 Å². The SMILES string of the molecule is CC(C)C(C)C.CC(C)CCC(C)C. The Balaban J connectivity index is 0. The van der Waals surface area contributed by atoms with Gasteiger partial charge >= 0.3 is 0 Å². The fourth-order valence-electron chi connectivity index (χ4n) is 0.667. The summed E-state index contributed by atoms with van der Waals surface area (Å²) in [5.41, 5.74) is 0. The van der Waals surface area contributed by atoms with E-state index in [-0.39, 0.29) is 0 Å². The molecule has 0 nitrogen and oxygen atoms in total. The van der Waals surface area contributed by atoms with Crippen molar-refractivity contribution in [1.82, 2.24) is 0 Å². The van der Waals surface area contributed by atoms with Crippen LogP contribution in [0.3, 0.4) is 0 Å². The molecule has 0 aromatic heterocycles. The van der Waals surface area contributed by atoms with E-state index in [4.69, 9.17) is 0 Å². The summed E-state index contributed by atoms with van der Waals surface area (Å²) < 4.78 is 0. The van der Waals surface area contributed by atoms with Crippen LogP contribution in [0.15, 0.2) is 0 Å². The van der Waals surface area contributed by atoms with Crippen LogP contribution in [0.4, 0.5) is 0 Å². The Kier molecular flexibility index (Phi) is 11.2. The molecule has 0 fully saturated rings. The van der Waals surface area contributed by atoms with Crippen LogP contribution in [0.2, 0.25) is 0 Å². The minimum absolute atomic E-state index is 0.852. The topological polar surface area (TPSA) is 0 Å². The molecule has 0 aliphatic heterocycles. The lowest BCUT2D eigenvalue weighted by atomic mass is 10.0. The lowest BCUT2D eigenvalue weighted by molar-refractivity contribution is 0.457. The second kappa shape index (κ2) is 9.55. The highest BCUT2D eigenvalue weighted by Crippen LogP contribution is 2.09. The van der Waals surface area contributed by atoms with Gasteiger partial charge in [0.05, 0.1) is 0 Å². The van der Waals surface area contributed by atoms with Gasteiger partial charge < -0.3 is 0 Å². The van der Waals surface area contributed by atoms with Gasteiger partial charge in [-0.2, -0.15) is 0 Å². The van der Waals surface area contributed by atoms with Crippen LogP contribution in [0.5, 0.6) is 0 Å². The first-order chi connectivity index (χ1) is 6.27. The van der Waals surface area contributed by atoms with Gasteiger partial charge in [-0.1, -0.05) is 68.2 Å². The Morgan fingerprint density at radius 3 is 0.786 bits per heavy atom. The van der Waals surface area contributed by atoms with E-state index in [2.05, 4.69) is 55.4 Å². The van der Waals surface area contributed by atoms with E-state index < -0.39 is 0 Å². The van der Waals surface area contributed by atoms with Crippen molar-refractivity contribution in [3.8, 4) is 0 Å². The molecule has 0 heteroatoms. The first-order valence-corrected chi connectivity index (χ1v) is 6.27. The summed E-state index contributed by atoms with van der Waals surface area (Å²) in [4.78, 5) is 0. The second-order valence-corrected chi connectivity index (χ2v) is 5.85. The summed E-state index contributed by atoms with van der Waals surface area (Å²) in [6.45, 7) is 18.1. The summed E-state index contributed by atoms with van der Waals surface area (Å²) in [7, 11) is 0. The maximum atomic E-state index is 2.28. The van der Waals surface area contributed by atoms with Crippen LogP contribution in [-0.2, 0) is 0 Å². The maximum Gasteiger partial charge on any atom is -0.0448 e. The van der Waals surface area contributed by atoms with Crippen LogP contribution in [0, 0.1) is 23.7 Å². The van der Waals surface area contributed by atoms with Crippen molar-refractivity contribution in [3.05, 3.63) is 0 Å². The van der Waals surface area contributed by atoms with Gasteiger partial charge in [0.2, 0.25) is 0 Å². The highest BCUT2D eigenvalue weighted by Gasteiger charge is 1.96. The molecule has 0 amide bonds. The fraction of sp³-hybridized carbons (Fsp3) is 1.00. The molecule has 0 aliphatic carbocycles. The Hall–Kier alpha value is 0. The van der Waals surface area contributed by atoms with Crippen molar-refractivity contribution in [1.29, 1.82) is 0 Å². The second-order valence-electron chi connectivity index (χ2n) is 5.85. The Labute approximate surface area is 92.5 Å². The lowest BCUT2D eigenvalue weighted by Crippen LogP contribution is -1.95. The molecule has 0 saturated heterocycles. The zero-order valence-electron chi connectivity index (χ0n) is 11.7. The molecule has 0 aliphatic rings. The van der Waals surface area contributed by atoms with Gasteiger partial charge in [-0.25, -0.2) is 0 Å². The van der Waals surface area contributed by atoms with Gasteiger partial charge in [-0.3, -0.25) is 0 Å².